The molecule has 3 rings (SSSR count). The topological polar surface area (TPSA) is 13.0 Å². The molecule has 4 nitrogen and oxygen atoms in total. The summed E-state index contributed by atoms with van der Waals surface area (Å²) in [5.41, 5.74) is 0. The Hall–Kier alpha value is -0.160. The predicted octanol–water partition coefficient (Wildman–Crippen LogP) is 0.794. The van der Waals surface area contributed by atoms with E-state index in [0.717, 1.165) is 6.04 Å². The van der Waals surface area contributed by atoms with Gasteiger partial charge in [-0.2, -0.15) is 0 Å². The minimum atomic E-state index is 0.824. The zero-order valence-electron chi connectivity index (χ0n) is 13.3. The second-order valence-electron chi connectivity index (χ2n) is 6.96. The average molecular weight is 280 g/mol. The normalized spacial score (nSPS) is 38.5. The van der Waals surface area contributed by atoms with Gasteiger partial charge < -0.3 is 14.7 Å². The molecule has 0 aliphatic carbocycles. The first kappa shape index (κ1) is 14.8. The van der Waals surface area contributed by atoms with Crippen LogP contribution < -0.4 is 0 Å². The lowest BCUT2D eigenvalue weighted by atomic mass is 10.1. The molecule has 3 bridgehead atoms. The summed E-state index contributed by atoms with van der Waals surface area (Å²) < 4.78 is 0. The van der Waals surface area contributed by atoms with Gasteiger partial charge in [0.05, 0.1) is 0 Å². The lowest BCUT2D eigenvalue weighted by Gasteiger charge is -2.36. The maximum absolute atomic E-state index is 2.81. The summed E-state index contributed by atoms with van der Waals surface area (Å²) in [6.07, 6.45) is 5.47. The number of hydrogen-bond acceptors (Lipinski definition) is 4. The van der Waals surface area contributed by atoms with Crippen LogP contribution in [-0.4, -0.2) is 98.1 Å². The van der Waals surface area contributed by atoms with Crippen LogP contribution in [0.1, 0.15) is 25.7 Å². The Morgan fingerprint density at radius 2 is 1.25 bits per heavy atom. The monoisotopic (exact) mass is 280 g/mol. The summed E-state index contributed by atoms with van der Waals surface area (Å²) >= 11 is 0. The van der Waals surface area contributed by atoms with Crippen molar-refractivity contribution in [3.8, 4) is 0 Å². The summed E-state index contributed by atoms with van der Waals surface area (Å²) in [5.74, 6) is 0. The molecule has 116 valence electrons. The third-order valence-corrected chi connectivity index (χ3v) is 5.51. The van der Waals surface area contributed by atoms with Crippen molar-refractivity contribution in [2.24, 2.45) is 0 Å². The molecule has 0 aromatic carbocycles. The summed E-state index contributed by atoms with van der Waals surface area (Å²) in [6.45, 7) is 12.9. The van der Waals surface area contributed by atoms with E-state index in [9.17, 15) is 0 Å². The highest BCUT2D eigenvalue weighted by atomic mass is 15.3. The van der Waals surface area contributed by atoms with E-state index in [1.807, 2.05) is 0 Å². The number of nitrogens with zero attached hydrogens (tertiary/aromatic N) is 4. The molecule has 0 spiro atoms. The Kier molecular flexibility index (Phi) is 5.32. The molecule has 0 saturated carbocycles. The maximum atomic E-state index is 2.81. The minimum Gasteiger partial charge on any atom is -0.305 e. The molecule has 3 saturated heterocycles. The standard InChI is InChI=1S/C16H32N4/c1-17-6-2-7-18-10-4-16-5-11-19(14-13-18)8-3-9-20(16)15-12-17/h16H,2-15H2,1H3. The van der Waals surface area contributed by atoms with Crippen LogP contribution in [0.25, 0.3) is 0 Å². The van der Waals surface area contributed by atoms with Crippen molar-refractivity contribution in [2.75, 3.05) is 72.5 Å². The zero-order valence-corrected chi connectivity index (χ0v) is 13.3. The number of fused-ring (bicyclic) bond motifs is 4. The van der Waals surface area contributed by atoms with E-state index < -0.39 is 0 Å². The summed E-state index contributed by atoms with van der Waals surface area (Å²) in [7, 11) is 2.30. The van der Waals surface area contributed by atoms with Gasteiger partial charge in [-0.15, -0.1) is 0 Å². The van der Waals surface area contributed by atoms with Gasteiger partial charge in [0.15, 0.2) is 0 Å². The van der Waals surface area contributed by atoms with Crippen LogP contribution in [0.2, 0.25) is 0 Å². The highest BCUT2D eigenvalue weighted by Gasteiger charge is 2.25. The Bertz CT molecular complexity index is 294. The highest BCUT2D eigenvalue weighted by molar-refractivity contribution is 4.82. The molecule has 0 amide bonds. The molecular formula is C16H32N4. The summed E-state index contributed by atoms with van der Waals surface area (Å²) in [5, 5.41) is 0. The molecular weight excluding hydrogens is 248 g/mol. The Morgan fingerprint density at radius 1 is 0.600 bits per heavy atom. The number of hydrogen-bond donors (Lipinski definition) is 0. The van der Waals surface area contributed by atoms with Crippen LogP contribution in [0.15, 0.2) is 0 Å². The fraction of sp³-hybridized carbons (Fsp3) is 1.00. The molecule has 3 unspecified atom stereocenters. The average Bonchev–Trinajstić information content (AvgIpc) is 2.47. The lowest BCUT2D eigenvalue weighted by Crippen LogP contribution is -2.45. The SMILES string of the molecule is CN1CCCN2CCC3CCN(CCCN3CC1)CC2. The van der Waals surface area contributed by atoms with Crippen LogP contribution in [0.3, 0.4) is 0 Å². The molecule has 0 N–H and O–H groups in total. The van der Waals surface area contributed by atoms with E-state index in [4.69, 9.17) is 0 Å². The lowest BCUT2D eigenvalue weighted by molar-refractivity contribution is 0.119. The molecule has 3 fully saturated rings. The van der Waals surface area contributed by atoms with Crippen LogP contribution in [0.4, 0.5) is 0 Å². The van der Waals surface area contributed by atoms with Crippen molar-refractivity contribution in [1.82, 2.24) is 19.6 Å². The fourth-order valence-electron chi connectivity index (χ4n) is 4.08. The first-order chi connectivity index (χ1) is 9.81. The third kappa shape index (κ3) is 3.94. The van der Waals surface area contributed by atoms with Gasteiger partial charge in [-0.05, 0) is 72.0 Å². The molecule has 0 radical (unpaired) electrons. The smallest absolute Gasteiger partial charge is 0.0120 e. The van der Waals surface area contributed by atoms with E-state index in [0.29, 0.717) is 0 Å². The molecule has 4 heteroatoms. The van der Waals surface area contributed by atoms with E-state index in [-0.39, 0.29) is 0 Å². The largest absolute Gasteiger partial charge is 0.305 e. The Balaban J connectivity index is 1.76. The van der Waals surface area contributed by atoms with Crippen molar-refractivity contribution < 1.29 is 0 Å². The number of rotatable bonds is 0. The van der Waals surface area contributed by atoms with Gasteiger partial charge in [-0.3, -0.25) is 4.90 Å². The first-order valence-electron chi connectivity index (χ1n) is 8.68. The molecule has 0 aromatic heterocycles. The highest BCUT2D eigenvalue weighted by Crippen LogP contribution is 2.18. The van der Waals surface area contributed by atoms with Gasteiger partial charge in [0.2, 0.25) is 0 Å². The quantitative estimate of drug-likeness (QED) is 0.650. The van der Waals surface area contributed by atoms with Crippen LogP contribution in [0, 0.1) is 0 Å². The van der Waals surface area contributed by atoms with E-state index >= 15 is 0 Å². The van der Waals surface area contributed by atoms with E-state index in [2.05, 4.69) is 26.6 Å². The van der Waals surface area contributed by atoms with Gasteiger partial charge in [-0.25, -0.2) is 0 Å². The summed E-state index contributed by atoms with van der Waals surface area (Å²) in [4.78, 5) is 10.8. The second-order valence-corrected chi connectivity index (χ2v) is 6.96. The van der Waals surface area contributed by atoms with Crippen LogP contribution in [-0.2, 0) is 0 Å². The third-order valence-electron chi connectivity index (χ3n) is 5.51. The molecule has 0 aromatic rings. The maximum Gasteiger partial charge on any atom is 0.0120 e. The van der Waals surface area contributed by atoms with Gasteiger partial charge >= 0.3 is 0 Å². The zero-order chi connectivity index (χ0) is 13.8. The van der Waals surface area contributed by atoms with Gasteiger partial charge in [0.1, 0.15) is 0 Å². The van der Waals surface area contributed by atoms with E-state index in [1.165, 1.54) is 91.1 Å². The van der Waals surface area contributed by atoms with Crippen molar-refractivity contribution >= 4 is 0 Å². The van der Waals surface area contributed by atoms with Crippen molar-refractivity contribution in [2.45, 2.75) is 31.7 Å². The predicted molar refractivity (Wildman–Crippen MR) is 84.2 cm³/mol. The Morgan fingerprint density at radius 3 is 1.95 bits per heavy atom. The van der Waals surface area contributed by atoms with Crippen LogP contribution >= 0.6 is 0 Å². The molecule has 3 atom stereocenters. The van der Waals surface area contributed by atoms with Crippen LogP contribution in [0.5, 0.6) is 0 Å². The second kappa shape index (κ2) is 7.21. The molecule has 3 aliphatic rings. The number of likely N-dealkylation sites (N-methyl/N-ethyl adjacent to an activating group) is 1. The molecule has 3 aliphatic heterocycles. The molecule has 20 heavy (non-hydrogen) atoms. The van der Waals surface area contributed by atoms with Crippen molar-refractivity contribution in [3.63, 3.8) is 0 Å². The van der Waals surface area contributed by atoms with Crippen molar-refractivity contribution in [3.05, 3.63) is 0 Å². The van der Waals surface area contributed by atoms with Gasteiger partial charge in [-0.1, -0.05) is 0 Å². The first-order valence-corrected chi connectivity index (χ1v) is 8.68. The minimum absolute atomic E-state index is 0.824. The van der Waals surface area contributed by atoms with Gasteiger partial charge in [0.25, 0.3) is 0 Å². The Labute approximate surface area is 124 Å². The van der Waals surface area contributed by atoms with Crippen molar-refractivity contribution in [1.29, 1.82) is 0 Å². The van der Waals surface area contributed by atoms with Gasteiger partial charge in [0, 0.05) is 32.2 Å². The fourth-order valence-corrected chi connectivity index (χ4v) is 4.08. The molecule has 3 heterocycles. The van der Waals surface area contributed by atoms with E-state index in [1.54, 1.807) is 0 Å². The summed E-state index contributed by atoms with van der Waals surface area (Å²) in [6, 6.07) is 0.824.